The third kappa shape index (κ3) is 1.12. The summed E-state index contributed by atoms with van der Waals surface area (Å²) in [5.41, 5.74) is 0.940. The molecule has 0 spiro atoms. The summed E-state index contributed by atoms with van der Waals surface area (Å²) < 4.78 is 0. The lowest BCUT2D eigenvalue weighted by molar-refractivity contribution is 0.0879. The molecule has 0 bridgehead atoms. The van der Waals surface area contributed by atoms with Crippen LogP contribution in [0.2, 0.25) is 0 Å². The Kier molecular flexibility index (Phi) is 2.25. The highest BCUT2D eigenvalue weighted by Gasteiger charge is 2.25. The molecule has 1 atom stereocenters. The van der Waals surface area contributed by atoms with Crippen molar-refractivity contribution in [2.45, 2.75) is 0 Å². The largest absolute Gasteiger partial charge is 0.288 e. The van der Waals surface area contributed by atoms with Crippen molar-refractivity contribution in [1.82, 2.24) is 5.32 Å². The van der Waals surface area contributed by atoms with E-state index in [1.54, 1.807) is 24.3 Å². The van der Waals surface area contributed by atoms with E-state index in [2.05, 4.69) is 5.32 Å². The molecule has 0 fully saturated rings. The first kappa shape index (κ1) is 8.88. The molecule has 0 radical (unpaired) electrons. The molecule has 12 heavy (non-hydrogen) atoms. The zero-order chi connectivity index (χ0) is 7.84. The van der Waals surface area contributed by atoms with Gasteiger partial charge in [0.2, 0.25) is 0 Å². The summed E-state index contributed by atoms with van der Waals surface area (Å²) in [5, 5.41) is 2.20. The minimum absolute atomic E-state index is 0. The number of hydrogen-bond acceptors (Lipinski definition) is 2. The third-order valence-electron chi connectivity index (χ3n) is 1.64. The van der Waals surface area contributed by atoms with E-state index in [0.717, 1.165) is 0 Å². The lowest BCUT2D eigenvalue weighted by Gasteiger charge is -1.88. The van der Waals surface area contributed by atoms with Gasteiger partial charge in [-0.05, 0) is 12.1 Å². The molecule has 1 heterocycles. The maximum Gasteiger partial charge on any atom is 0.258 e. The molecule has 2 amide bonds. The summed E-state index contributed by atoms with van der Waals surface area (Å²) in [4.78, 5) is 21.9. The van der Waals surface area contributed by atoms with Crippen molar-refractivity contribution in [2.75, 3.05) is 0 Å². The van der Waals surface area contributed by atoms with E-state index < -0.39 is 0 Å². The Balaban J connectivity index is 0.000000720. The van der Waals surface area contributed by atoms with Crippen molar-refractivity contribution in [2.24, 2.45) is 0 Å². The fraction of sp³-hybridized carbons (Fsp3) is 0. The van der Waals surface area contributed by atoms with Crippen LogP contribution in [0.1, 0.15) is 20.7 Å². The summed E-state index contributed by atoms with van der Waals surface area (Å²) in [7, 11) is 0. The number of imide groups is 1. The van der Waals surface area contributed by atoms with Gasteiger partial charge in [-0.3, -0.25) is 14.9 Å². The highest BCUT2D eigenvalue weighted by Crippen LogP contribution is 2.13. The zero-order valence-electron chi connectivity index (χ0n) is 6.33. The number of fused-ring (bicyclic) bond motifs is 1. The number of hydrogen-bond donors (Lipinski definition) is 1. The van der Waals surface area contributed by atoms with Gasteiger partial charge in [-0.1, -0.05) is 12.1 Å². The first-order valence-electron chi connectivity index (χ1n) is 3.24. The van der Waals surface area contributed by atoms with Crippen LogP contribution in [-0.2, 0) is 0 Å². The normalized spacial score (nSPS) is 13.3. The van der Waals surface area contributed by atoms with E-state index in [4.69, 9.17) is 0 Å². The first-order chi connectivity index (χ1) is 5.29. The Hall–Kier alpha value is -1.21. The van der Waals surface area contributed by atoms with Gasteiger partial charge in [0.1, 0.15) is 0 Å². The van der Waals surface area contributed by atoms with Crippen molar-refractivity contribution in [3.63, 3.8) is 0 Å². The molecule has 0 saturated heterocycles. The molecule has 2 rings (SSSR count). The predicted molar refractivity (Wildman–Crippen MR) is 49.3 cm³/mol. The Morgan fingerprint density at radius 3 is 1.75 bits per heavy atom. The predicted octanol–water partition coefficient (Wildman–Crippen LogP) is 0.628. The Morgan fingerprint density at radius 2 is 1.33 bits per heavy atom. The van der Waals surface area contributed by atoms with Crippen LogP contribution < -0.4 is 5.32 Å². The van der Waals surface area contributed by atoms with Gasteiger partial charge in [-0.2, -0.15) is 9.90 Å². The maximum atomic E-state index is 10.9. The van der Waals surface area contributed by atoms with Gasteiger partial charge >= 0.3 is 0 Å². The van der Waals surface area contributed by atoms with Gasteiger partial charge in [0.05, 0.1) is 11.1 Å². The van der Waals surface area contributed by atoms with Crippen LogP contribution >= 0.6 is 9.90 Å². The van der Waals surface area contributed by atoms with E-state index in [9.17, 15) is 9.59 Å². The van der Waals surface area contributed by atoms with Gasteiger partial charge in [-0.25, -0.2) is 0 Å². The first-order valence-corrected chi connectivity index (χ1v) is 3.24. The van der Waals surface area contributed by atoms with Gasteiger partial charge in [0.15, 0.2) is 0 Å². The van der Waals surface area contributed by atoms with Crippen LogP contribution in [0.3, 0.4) is 0 Å². The minimum Gasteiger partial charge on any atom is -0.288 e. The van der Waals surface area contributed by atoms with Crippen LogP contribution in [0.25, 0.3) is 0 Å². The van der Waals surface area contributed by atoms with E-state index >= 15 is 0 Å². The second-order valence-electron chi connectivity index (χ2n) is 2.33. The highest BCUT2D eigenvalue weighted by molar-refractivity contribution is 6.92. The van der Waals surface area contributed by atoms with Crippen molar-refractivity contribution < 1.29 is 9.59 Å². The van der Waals surface area contributed by atoms with Gasteiger partial charge < -0.3 is 0 Å². The Bertz CT molecular complexity index is 316. The van der Waals surface area contributed by atoms with Crippen LogP contribution in [0.4, 0.5) is 0 Å². The summed E-state index contributed by atoms with van der Waals surface area (Å²) in [6.07, 6.45) is 0. The molecule has 1 aliphatic heterocycles. The second-order valence-corrected chi connectivity index (χ2v) is 2.33. The maximum absolute atomic E-state index is 10.9. The van der Waals surface area contributed by atoms with E-state index in [-0.39, 0.29) is 21.7 Å². The fourth-order valence-electron chi connectivity index (χ4n) is 1.12. The minimum atomic E-state index is -0.300. The lowest BCUT2D eigenvalue weighted by Crippen LogP contribution is -2.19. The molecule has 1 N–H and O–H groups in total. The molecule has 1 aliphatic rings. The van der Waals surface area contributed by atoms with Crippen molar-refractivity contribution in [1.29, 1.82) is 0 Å². The summed E-state index contributed by atoms with van der Waals surface area (Å²) in [6, 6.07) is 6.74. The molecule has 1 aromatic rings. The molecule has 4 heteroatoms. The monoisotopic (exact) mass is 181 g/mol. The quantitative estimate of drug-likeness (QED) is 0.471. The van der Waals surface area contributed by atoms with Crippen LogP contribution in [0.15, 0.2) is 24.3 Å². The molecule has 1 aromatic carbocycles. The van der Waals surface area contributed by atoms with Crippen molar-refractivity contribution in [3.05, 3.63) is 35.4 Å². The van der Waals surface area contributed by atoms with Gasteiger partial charge in [-0.15, -0.1) is 0 Å². The number of benzene rings is 1. The Labute approximate surface area is 72.8 Å². The molecule has 3 nitrogen and oxygen atoms in total. The number of carbonyl (C=O) groups is 2. The van der Waals surface area contributed by atoms with Crippen LogP contribution in [0, 0.1) is 0 Å². The molecule has 1 unspecified atom stereocenters. The number of carbonyl (C=O) groups excluding carboxylic acids is 2. The summed E-state index contributed by atoms with van der Waals surface area (Å²) in [6.45, 7) is 0. The van der Waals surface area contributed by atoms with Crippen LogP contribution in [0.5, 0.6) is 0 Å². The smallest absolute Gasteiger partial charge is 0.258 e. The number of nitrogens with one attached hydrogen (secondary N) is 1. The number of rotatable bonds is 0. The third-order valence-corrected chi connectivity index (χ3v) is 1.64. The van der Waals surface area contributed by atoms with Crippen LogP contribution in [-0.4, -0.2) is 11.8 Å². The fourth-order valence-corrected chi connectivity index (χ4v) is 1.12. The van der Waals surface area contributed by atoms with Crippen molar-refractivity contribution >= 4 is 21.7 Å². The molecule has 0 aromatic heterocycles. The Morgan fingerprint density at radius 1 is 0.917 bits per heavy atom. The standard InChI is InChI=1S/C8H5NO2.H3P/c10-7-5-3-1-2-4-6(5)8(11)9-7;/h1-4H,(H,9,10,11);1H3. The molecular formula is C8H8NO2P. The van der Waals surface area contributed by atoms with Gasteiger partial charge in [0.25, 0.3) is 11.8 Å². The topological polar surface area (TPSA) is 46.2 Å². The van der Waals surface area contributed by atoms with Crippen molar-refractivity contribution in [3.8, 4) is 0 Å². The molecule has 0 aliphatic carbocycles. The van der Waals surface area contributed by atoms with E-state index in [1.165, 1.54) is 0 Å². The molecule has 62 valence electrons. The second kappa shape index (κ2) is 3.03. The average Bonchev–Trinajstić information content (AvgIpc) is 2.30. The average molecular weight is 181 g/mol. The molecular weight excluding hydrogens is 173 g/mol. The zero-order valence-corrected chi connectivity index (χ0v) is 7.75. The lowest BCUT2D eigenvalue weighted by atomic mass is 10.1. The summed E-state index contributed by atoms with van der Waals surface area (Å²) in [5.74, 6) is -0.601. The van der Waals surface area contributed by atoms with E-state index in [0.29, 0.717) is 11.1 Å². The van der Waals surface area contributed by atoms with Gasteiger partial charge in [0, 0.05) is 0 Å². The summed E-state index contributed by atoms with van der Waals surface area (Å²) >= 11 is 0. The SMILES string of the molecule is O=C1NC(=O)c2ccccc21.P. The number of amides is 2. The molecule has 0 saturated carbocycles. The van der Waals surface area contributed by atoms with E-state index in [1.807, 2.05) is 0 Å². The highest BCUT2D eigenvalue weighted by atomic mass is 31.0.